The predicted molar refractivity (Wildman–Crippen MR) is 320 cm³/mol. The molecule has 5 aromatic carbocycles. The van der Waals surface area contributed by atoms with Gasteiger partial charge in [0.25, 0.3) is 11.8 Å². The Morgan fingerprint density at radius 1 is 0.765 bits per heavy atom. The van der Waals surface area contributed by atoms with Crippen LogP contribution in [0.2, 0.25) is 0 Å². The third-order valence-electron chi connectivity index (χ3n) is 16.1. The van der Waals surface area contributed by atoms with Crippen LogP contribution in [0.25, 0.3) is 0 Å². The van der Waals surface area contributed by atoms with Gasteiger partial charge in [0.05, 0.1) is 81.8 Å². The van der Waals surface area contributed by atoms with Gasteiger partial charge in [-0.25, -0.2) is 0 Å². The van der Waals surface area contributed by atoms with E-state index in [-0.39, 0.29) is 53.8 Å². The van der Waals surface area contributed by atoms with Gasteiger partial charge in [-0.05, 0) is 123 Å². The van der Waals surface area contributed by atoms with Crippen molar-refractivity contribution in [3.05, 3.63) is 124 Å². The van der Waals surface area contributed by atoms with Gasteiger partial charge >= 0.3 is 0 Å². The molecule has 0 radical (unpaired) electrons. The Morgan fingerprint density at radius 2 is 1.40 bits per heavy atom. The summed E-state index contributed by atoms with van der Waals surface area (Å²) in [5, 5.41) is 6.84. The maximum absolute atomic E-state index is 14.3. The smallest absolute Gasteiger partial charge is 0.261 e. The Balaban J connectivity index is 0.913. The van der Waals surface area contributed by atoms with Gasteiger partial charge < -0.3 is 53.6 Å². The van der Waals surface area contributed by atoms with E-state index in [0.717, 1.165) is 57.9 Å². The van der Waals surface area contributed by atoms with Crippen molar-refractivity contribution in [2.24, 2.45) is 10.9 Å². The lowest BCUT2D eigenvalue weighted by atomic mass is 10.00. The fraction of sp³-hybridized carbons (Fsp3) is 0.469. The molecule has 0 bridgehead atoms. The lowest BCUT2D eigenvalue weighted by molar-refractivity contribution is -0.122. The second kappa shape index (κ2) is 26.4. The van der Waals surface area contributed by atoms with Crippen LogP contribution in [0.4, 0.5) is 28.4 Å². The van der Waals surface area contributed by atoms with Crippen LogP contribution in [-0.4, -0.2) is 127 Å². The number of rotatable bonds is 27. The third-order valence-corrected chi connectivity index (χ3v) is 17.5. The first-order valence-electron chi connectivity index (χ1n) is 28.7. The number of nitrogens with one attached hydrogen (secondary N) is 2. The topological polar surface area (TPSA) is 162 Å². The number of aliphatic imine (C=N–C) groups is 1. The van der Waals surface area contributed by atoms with E-state index in [9.17, 15) is 14.4 Å². The van der Waals surface area contributed by atoms with Crippen molar-refractivity contribution in [2.45, 2.75) is 108 Å². The van der Waals surface area contributed by atoms with Crippen molar-refractivity contribution < 1.29 is 47.5 Å². The molecule has 1 unspecified atom stereocenters. The summed E-state index contributed by atoms with van der Waals surface area (Å²) in [4.78, 5) is 52.6. The second-order valence-corrected chi connectivity index (χ2v) is 24.1. The van der Waals surface area contributed by atoms with Crippen LogP contribution in [-0.2, 0) is 45.1 Å². The summed E-state index contributed by atoms with van der Waals surface area (Å²) in [5.74, 6) is 3.11. The molecule has 4 heterocycles. The highest BCUT2D eigenvalue weighted by molar-refractivity contribution is 8.00. The molecule has 3 atom stereocenters. The van der Waals surface area contributed by atoms with E-state index < -0.39 is 0 Å². The monoisotopic (exact) mass is 1120 g/mol. The molecule has 5 aromatic rings. The van der Waals surface area contributed by atoms with Crippen molar-refractivity contribution in [1.29, 1.82) is 0 Å². The van der Waals surface area contributed by atoms with Crippen LogP contribution < -0.4 is 44.3 Å². The lowest BCUT2D eigenvalue weighted by Gasteiger charge is -2.34. The molecule has 17 heteroatoms. The third kappa shape index (κ3) is 13.6. The minimum absolute atomic E-state index is 0.0229. The van der Waals surface area contributed by atoms with Gasteiger partial charge in [0.1, 0.15) is 13.2 Å². The minimum Gasteiger partial charge on any atom is -0.493 e. The summed E-state index contributed by atoms with van der Waals surface area (Å²) in [6.45, 7) is 11.1. The van der Waals surface area contributed by atoms with Gasteiger partial charge in [0.2, 0.25) is 5.91 Å². The fourth-order valence-corrected chi connectivity index (χ4v) is 13.0. The zero-order chi connectivity index (χ0) is 56.5. The largest absolute Gasteiger partial charge is 0.493 e. The molecule has 16 nitrogen and oxygen atoms in total. The van der Waals surface area contributed by atoms with Gasteiger partial charge in [0.15, 0.2) is 23.0 Å². The maximum Gasteiger partial charge on any atom is 0.261 e. The molecular weight excluding hydrogens is 1040 g/mol. The summed E-state index contributed by atoms with van der Waals surface area (Å²) in [6, 6.07) is 29.6. The summed E-state index contributed by atoms with van der Waals surface area (Å²) in [6.07, 6.45) is 9.47. The molecule has 3 amide bonds. The molecular formula is C64H78N6O10S. The molecule has 0 aromatic heterocycles. The highest BCUT2D eigenvalue weighted by Gasteiger charge is 2.39. The van der Waals surface area contributed by atoms with E-state index >= 15 is 0 Å². The zero-order valence-corrected chi connectivity index (χ0v) is 48.6. The fourth-order valence-electron chi connectivity index (χ4n) is 11.9. The van der Waals surface area contributed by atoms with Gasteiger partial charge in [-0.1, -0.05) is 49.2 Å². The Kier molecular flexibility index (Phi) is 18.7. The van der Waals surface area contributed by atoms with Crippen LogP contribution >= 0.6 is 11.8 Å². The Hall–Kier alpha value is -6.79. The molecule has 5 aliphatic rings. The van der Waals surface area contributed by atoms with Gasteiger partial charge in [-0.2, -0.15) is 11.8 Å². The quantitative estimate of drug-likeness (QED) is 0.0479. The van der Waals surface area contributed by atoms with Crippen molar-refractivity contribution in [2.75, 3.05) is 99.8 Å². The number of carbonyl (C=O) groups excluding carboxylic acids is 3. The van der Waals surface area contributed by atoms with Crippen LogP contribution in [0.1, 0.15) is 102 Å². The number of para-hydroxylation sites is 2. The number of methoxy groups -OCH3 is 3. The van der Waals surface area contributed by atoms with Gasteiger partial charge in [-0.3, -0.25) is 24.3 Å². The molecule has 0 saturated heterocycles. The number of amides is 3. The first-order chi connectivity index (χ1) is 39.4. The highest BCUT2D eigenvalue weighted by Crippen LogP contribution is 2.43. The maximum atomic E-state index is 14.3. The normalized spacial score (nSPS) is 17.5. The summed E-state index contributed by atoms with van der Waals surface area (Å²) < 4.78 is 42.1. The Labute approximate surface area is 481 Å². The summed E-state index contributed by atoms with van der Waals surface area (Å²) in [5.41, 5.74) is 8.93. The van der Waals surface area contributed by atoms with Crippen LogP contribution in [0, 0.1) is 5.92 Å². The zero-order valence-electron chi connectivity index (χ0n) is 47.8. The standard InChI is InChI=1S/C64H78N6O10S/c1-42(45-14-7-8-15-45)67-61(71)20-13-27-81-64(2,3)41-68(21-22-77-25-26-78-24-23-74-4)48-29-43(39-79-59-35-53-51(33-57(59)75-5)62(72)69-49(37-65-53)31-46-16-9-11-18-55(46)69)28-44(30-48)40-80-60-36-54-52(34-58(60)76-6)63(73)70-50(38-66-54)32-47-17-10-12-19-56(47)70/h9-12,16-19,28-30,33-37,42,45,49-50,66H,7-8,13-15,20-27,31-32,38-41H2,1-6H3,(H,67,71)/t42?,49-,50-/m0/s1. The number of benzene rings is 5. The van der Waals surface area contributed by atoms with Crippen molar-refractivity contribution >= 4 is 64.1 Å². The predicted octanol–water partition coefficient (Wildman–Crippen LogP) is 10.6. The number of carbonyl (C=O) groups is 3. The number of nitrogens with zero attached hydrogens (tertiary/aromatic N) is 4. The van der Waals surface area contributed by atoms with E-state index in [4.69, 9.17) is 38.2 Å². The van der Waals surface area contributed by atoms with E-state index in [1.165, 1.54) is 25.7 Å². The first-order valence-corrected chi connectivity index (χ1v) is 29.6. The molecule has 430 valence electrons. The van der Waals surface area contributed by atoms with Gasteiger partial charge in [0, 0.05) is 85.8 Å². The van der Waals surface area contributed by atoms with Crippen LogP contribution in [0.15, 0.2) is 96.0 Å². The van der Waals surface area contributed by atoms with Crippen molar-refractivity contribution in [3.8, 4) is 23.0 Å². The number of ether oxygens (including phenoxy) is 7. The number of hydrogen-bond acceptors (Lipinski definition) is 14. The minimum atomic E-state index is -0.235. The van der Waals surface area contributed by atoms with E-state index in [2.05, 4.69) is 66.6 Å². The summed E-state index contributed by atoms with van der Waals surface area (Å²) >= 11 is 1.86. The first kappa shape index (κ1) is 57.4. The molecule has 10 rings (SSSR count). The van der Waals surface area contributed by atoms with Crippen molar-refractivity contribution in [3.63, 3.8) is 0 Å². The van der Waals surface area contributed by atoms with Crippen molar-refractivity contribution in [1.82, 2.24) is 5.32 Å². The Morgan fingerprint density at radius 3 is 2.10 bits per heavy atom. The van der Waals surface area contributed by atoms with Crippen LogP contribution in [0.5, 0.6) is 23.0 Å². The average Bonchev–Trinajstić information content (AvgIpc) is 4.42. The number of anilines is 4. The van der Waals surface area contributed by atoms with E-state index in [1.54, 1.807) is 39.5 Å². The van der Waals surface area contributed by atoms with Crippen LogP contribution in [0.3, 0.4) is 0 Å². The molecule has 81 heavy (non-hydrogen) atoms. The van der Waals surface area contributed by atoms with E-state index in [1.807, 2.05) is 70.2 Å². The molecule has 4 aliphatic heterocycles. The van der Waals surface area contributed by atoms with Gasteiger partial charge in [-0.15, -0.1) is 0 Å². The molecule has 2 N–H and O–H groups in total. The van der Waals surface area contributed by atoms with E-state index in [0.29, 0.717) is 117 Å². The SMILES string of the molecule is COCCOCCOCCN(CC(C)(C)SCCCC(=O)NC(C)C1CCCC1)c1cc(COc2cc3c(cc2OC)C(=O)N2c4ccccc4C[C@H]2C=N3)cc(COc2cc3c(cc2OC)C(=O)N2c4ccccc4C[C@H]2CN3)c1. The second-order valence-electron chi connectivity index (χ2n) is 22.3. The highest BCUT2D eigenvalue weighted by atomic mass is 32.2. The number of fused-ring (bicyclic) bond motifs is 8. The lowest BCUT2D eigenvalue weighted by Crippen LogP contribution is -2.39. The molecule has 1 fully saturated rings. The Bertz CT molecular complexity index is 3070. The summed E-state index contributed by atoms with van der Waals surface area (Å²) in [7, 11) is 4.82. The molecule has 1 aliphatic carbocycles. The average molecular weight is 1120 g/mol. The molecule has 1 saturated carbocycles. The number of hydrogen-bond donors (Lipinski definition) is 2. The number of thioether (sulfide) groups is 1. The molecule has 0 spiro atoms.